The standard InChI is InChI=1S/C15H20F2N2O/c16-9-5-12-13(14(17)6-9)8-19(15(12)7-18)10-1-3-11(20)4-2-10/h5-6,10-11,15,20H,1-4,7-8,18H2. The zero-order chi connectivity index (χ0) is 14.3. The number of hydrogen-bond donors (Lipinski definition) is 2. The van der Waals surface area contributed by atoms with Crippen LogP contribution in [-0.2, 0) is 6.54 Å². The summed E-state index contributed by atoms with van der Waals surface area (Å²) in [6.45, 7) is 0.846. The first-order chi connectivity index (χ1) is 9.60. The van der Waals surface area contributed by atoms with Gasteiger partial charge in [-0.25, -0.2) is 8.78 Å². The second kappa shape index (κ2) is 5.39. The Labute approximate surface area is 117 Å². The molecule has 1 aromatic carbocycles. The molecule has 1 fully saturated rings. The van der Waals surface area contributed by atoms with Crippen LogP contribution in [-0.4, -0.2) is 28.7 Å². The third kappa shape index (κ3) is 2.34. The Morgan fingerprint density at radius 1 is 1.20 bits per heavy atom. The average Bonchev–Trinajstić information content (AvgIpc) is 2.78. The van der Waals surface area contributed by atoms with Crippen LogP contribution >= 0.6 is 0 Å². The molecule has 3 nitrogen and oxygen atoms in total. The number of rotatable bonds is 2. The van der Waals surface area contributed by atoms with Crippen LogP contribution in [0.25, 0.3) is 0 Å². The van der Waals surface area contributed by atoms with E-state index < -0.39 is 11.6 Å². The summed E-state index contributed by atoms with van der Waals surface area (Å²) < 4.78 is 27.3. The lowest BCUT2D eigenvalue weighted by Crippen LogP contribution is -2.40. The summed E-state index contributed by atoms with van der Waals surface area (Å²) in [5.74, 6) is -1.02. The molecule has 0 saturated heterocycles. The number of hydrogen-bond acceptors (Lipinski definition) is 3. The van der Waals surface area contributed by atoms with Crippen molar-refractivity contribution >= 4 is 0 Å². The predicted molar refractivity (Wildman–Crippen MR) is 72.0 cm³/mol. The van der Waals surface area contributed by atoms with Crippen LogP contribution in [0.3, 0.4) is 0 Å². The van der Waals surface area contributed by atoms with E-state index >= 15 is 0 Å². The smallest absolute Gasteiger partial charge is 0.130 e. The predicted octanol–water partition coefficient (Wildman–Crippen LogP) is 2.08. The molecule has 1 aromatic rings. The van der Waals surface area contributed by atoms with Crippen molar-refractivity contribution in [1.29, 1.82) is 0 Å². The van der Waals surface area contributed by atoms with E-state index in [-0.39, 0.29) is 12.1 Å². The van der Waals surface area contributed by atoms with Crippen LogP contribution in [0.2, 0.25) is 0 Å². The number of fused-ring (bicyclic) bond motifs is 1. The van der Waals surface area contributed by atoms with Gasteiger partial charge in [-0.05, 0) is 37.3 Å². The van der Waals surface area contributed by atoms with Crippen LogP contribution in [0.4, 0.5) is 8.78 Å². The molecule has 5 heteroatoms. The Balaban J connectivity index is 1.87. The zero-order valence-electron chi connectivity index (χ0n) is 11.4. The van der Waals surface area contributed by atoms with Crippen molar-refractivity contribution in [1.82, 2.24) is 4.90 Å². The molecule has 1 aliphatic carbocycles. The zero-order valence-corrected chi connectivity index (χ0v) is 11.4. The molecule has 1 atom stereocenters. The molecule has 2 aliphatic rings. The Morgan fingerprint density at radius 3 is 2.55 bits per heavy atom. The maximum Gasteiger partial charge on any atom is 0.130 e. The van der Waals surface area contributed by atoms with Crippen LogP contribution < -0.4 is 5.73 Å². The lowest BCUT2D eigenvalue weighted by Gasteiger charge is -2.36. The summed E-state index contributed by atoms with van der Waals surface area (Å²) in [7, 11) is 0. The number of nitrogens with two attached hydrogens (primary N) is 1. The maximum absolute atomic E-state index is 13.9. The van der Waals surface area contributed by atoms with E-state index in [2.05, 4.69) is 4.90 Å². The molecule has 3 N–H and O–H groups in total. The van der Waals surface area contributed by atoms with Gasteiger partial charge in [-0.2, -0.15) is 0 Å². The minimum Gasteiger partial charge on any atom is -0.393 e. The van der Waals surface area contributed by atoms with Gasteiger partial charge >= 0.3 is 0 Å². The molecule has 0 aromatic heterocycles. The highest BCUT2D eigenvalue weighted by molar-refractivity contribution is 5.36. The number of nitrogens with zero attached hydrogens (tertiary/aromatic N) is 1. The molecule has 1 saturated carbocycles. The van der Waals surface area contributed by atoms with E-state index in [1.165, 1.54) is 6.07 Å². The molecule has 0 amide bonds. The van der Waals surface area contributed by atoms with Gasteiger partial charge in [0.15, 0.2) is 0 Å². The van der Waals surface area contributed by atoms with Crippen molar-refractivity contribution in [2.24, 2.45) is 5.73 Å². The maximum atomic E-state index is 13.9. The van der Waals surface area contributed by atoms with Crippen LogP contribution in [0.1, 0.15) is 42.9 Å². The highest BCUT2D eigenvalue weighted by Gasteiger charge is 2.37. The second-order valence-corrected chi connectivity index (χ2v) is 5.84. The monoisotopic (exact) mass is 282 g/mol. The summed E-state index contributed by atoms with van der Waals surface area (Å²) in [5, 5.41) is 9.59. The number of halogens is 2. The van der Waals surface area contributed by atoms with Crippen LogP contribution in [0.5, 0.6) is 0 Å². The van der Waals surface area contributed by atoms with E-state index in [9.17, 15) is 13.9 Å². The summed E-state index contributed by atoms with van der Waals surface area (Å²) in [5.41, 5.74) is 7.10. The number of aliphatic hydroxyl groups excluding tert-OH is 1. The molecule has 0 radical (unpaired) electrons. The SMILES string of the molecule is NCC1c2cc(F)cc(F)c2CN1C1CCC(O)CC1. The molecular weight excluding hydrogens is 262 g/mol. The molecule has 0 spiro atoms. The number of benzene rings is 1. The van der Waals surface area contributed by atoms with Gasteiger partial charge < -0.3 is 10.8 Å². The minimum absolute atomic E-state index is 0.115. The van der Waals surface area contributed by atoms with E-state index in [1.54, 1.807) is 0 Å². The largest absolute Gasteiger partial charge is 0.393 e. The highest BCUT2D eigenvalue weighted by atomic mass is 19.1. The van der Waals surface area contributed by atoms with Crippen molar-refractivity contribution in [2.75, 3.05) is 6.54 Å². The topological polar surface area (TPSA) is 49.5 Å². The normalized spacial score (nSPS) is 30.5. The third-order valence-corrected chi connectivity index (χ3v) is 4.65. The fourth-order valence-corrected chi connectivity index (χ4v) is 3.59. The van der Waals surface area contributed by atoms with Crippen molar-refractivity contribution in [3.05, 3.63) is 34.9 Å². The van der Waals surface area contributed by atoms with Crippen molar-refractivity contribution in [3.63, 3.8) is 0 Å². The van der Waals surface area contributed by atoms with Crippen molar-refractivity contribution in [2.45, 2.75) is 50.4 Å². The number of aliphatic hydroxyl groups is 1. The molecule has 1 aliphatic heterocycles. The van der Waals surface area contributed by atoms with Gasteiger partial charge in [0, 0.05) is 36.8 Å². The van der Waals surface area contributed by atoms with Crippen LogP contribution in [0, 0.1) is 11.6 Å². The first kappa shape index (κ1) is 13.9. The van der Waals surface area contributed by atoms with E-state index in [4.69, 9.17) is 5.73 Å². The van der Waals surface area contributed by atoms with E-state index in [0.29, 0.717) is 30.3 Å². The summed E-state index contributed by atoms with van der Waals surface area (Å²) >= 11 is 0. The molecular formula is C15H20F2N2O. The van der Waals surface area contributed by atoms with E-state index in [1.807, 2.05) is 0 Å². The van der Waals surface area contributed by atoms with Gasteiger partial charge in [-0.15, -0.1) is 0 Å². The van der Waals surface area contributed by atoms with Gasteiger partial charge in [0.25, 0.3) is 0 Å². The molecule has 0 bridgehead atoms. The Hall–Kier alpha value is -1.04. The summed E-state index contributed by atoms with van der Waals surface area (Å²) in [6.07, 6.45) is 3.09. The quantitative estimate of drug-likeness (QED) is 0.873. The average molecular weight is 282 g/mol. The van der Waals surface area contributed by atoms with Crippen LogP contribution in [0.15, 0.2) is 12.1 Å². The molecule has 1 unspecified atom stereocenters. The van der Waals surface area contributed by atoms with Gasteiger partial charge in [-0.3, -0.25) is 4.90 Å². The van der Waals surface area contributed by atoms with E-state index in [0.717, 1.165) is 31.7 Å². The molecule has 20 heavy (non-hydrogen) atoms. The highest BCUT2D eigenvalue weighted by Crippen LogP contribution is 2.39. The first-order valence-electron chi connectivity index (χ1n) is 7.22. The van der Waals surface area contributed by atoms with Gasteiger partial charge in [-0.1, -0.05) is 0 Å². The van der Waals surface area contributed by atoms with Gasteiger partial charge in [0.1, 0.15) is 11.6 Å². The fourth-order valence-electron chi connectivity index (χ4n) is 3.59. The summed E-state index contributed by atoms with van der Waals surface area (Å²) in [6, 6.07) is 2.53. The second-order valence-electron chi connectivity index (χ2n) is 5.84. The van der Waals surface area contributed by atoms with Gasteiger partial charge in [0.2, 0.25) is 0 Å². The molecule has 3 rings (SSSR count). The fraction of sp³-hybridized carbons (Fsp3) is 0.600. The molecule has 1 heterocycles. The lowest BCUT2D eigenvalue weighted by atomic mass is 9.91. The Kier molecular flexibility index (Phi) is 3.75. The minimum atomic E-state index is -0.541. The Morgan fingerprint density at radius 2 is 1.90 bits per heavy atom. The first-order valence-corrected chi connectivity index (χ1v) is 7.22. The molecule has 110 valence electrons. The lowest BCUT2D eigenvalue weighted by molar-refractivity contribution is 0.0569. The van der Waals surface area contributed by atoms with Crippen molar-refractivity contribution < 1.29 is 13.9 Å². The van der Waals surface area contributed by atoms with Gasteiger partial charge in [0.05, 0.1) is 6.10 Å². The summed E-state index contributed by atoms with van der Waals surface area (Å²) in [4.78, 5) is 2.18. The van der Waals surface area contributed by atoms with Crippen molar-refractivity contribution in [3.8, 4) is 0 Å². The third-order valence-electron chi connectivity index (χ3n) is 4.65. The Bertz CT molecular complexity index is 501.